The molecular weight excluding hydrogens is 264 g/mol. The summed E-state index contributed by atoms with van der Waals surface area (Å²) in [6, 6.07) is 5.78. The van der Waals surface area contributed by atoms with E-state index in [1.165, 1.54) is 6.20 Å². The molecule has 0 aliphatic heterocycles. The van der Waals surface area contributed by atoms with E-state index in [1.54, 1.807) is 6.20 Å². The van der Waals surface area contributed by atoms with Crippen molar-refractivity contribution in [3.05, 3.63) is 41.3 Å². The molecule has 0 radical (unpaired) electrons. The van der Waals surface area contributed by atoms with Crippen LogP contribution in [0.1, 0.15) is 12.6 Å². The molecule has 6 heteroatoms. The molecule has 0 saturated carbocycles. The first-order chi connectivity index (χ1) is 9.29. The molecule has 2 aromatic heterocycles. The van der Waals surface area contributed by atoms with Crippen molar-refractivity contribution in [2.75, 3.05) is 18.5 Å². The molecular formula is C13H15ClN4O. The highest BCUT2D eigenvalue weighted by Gasteiger charge is 2.06. The minimum atomic E-state index is 0.392. The summed E-state index contributed by atoms with van der Waals surface area (Å²) in [6.07, 6.45) is 4.00. The molecule has 100 valence electrons. The van der Waals surface area contributed by atoms with Gasteiger partial charge in [-0.2, -0.15) is 4.98 Å². The Hall–Kier alpha value is -1.88. The van der Waals surface area contributed by atoms with Gasteiger partial charge in [-0.15, -0.1) is 0 Å². The summed E-state index contributed by atoms with van der Waals surface area (Å²) in [6.45, 7) is 3.19. The number of ether oxygens (including phenoxy) is 1. The fourth-order valence-corrected chi connectivity index (χ4v) is 1.64. The Morgan fingerprint density at radius 3 is 2.95 bits per heavy atom. The summed E-state index contributed by atoms with van der Waals surface area (Å²) in [5.74, 6) is 0.906. The number of halogens is 1. The van der Waals surface area contributed by atoms with Gasteiger partial charge in [0.25, 0.3) is 0 Å². The molecule has 0 unspecified atom stereocenters. The number of pyridine rings is 1. The average molecular weight is 279 g/mol. The number of rotatable bonds is 6. The molecule has 0 bridgehead atoms. The number of nitrogens with zero attached hydrogens (tertiary/aromatic N) is 3. The van der Waals surface area contributed by atoms with Gasteiger partial charge < -0.3 is 10.1 Å². The highest BCUT2D eigenvalue weighted by Crippen LogP contribution is 2.21. The van der Waals surface area contributed by atoms with Crippen LogP contribution in [-0.2, 0) is 6.42 Å². The van der Waals surface area contributed by atoms with Crippen molar-refractivity contribution in [3.8, 4) is 5.88 Å². The van der Waals surface area contributed by atoms with Gasteiger partial charge in [-0.3, -0.25) is 4.98 Å². The van der Waals surface area contributed by atoms with Crippen LogP contribution in [-0.4, -0.2) is 28.1 Å². The monoisotopic (exact) mass is 278 g/mol. The molecule has 0 aliphatic carbocycles. The first-order valence-electron chi connectivity index (χ1n) is 6.08. The Labute approximate surface area is 117 Å². The first kappa shape index (κ1) is 13.5. The fourth-order valence-electron chi connectivity index (χ4n) is 1.49. The predicted molar refractivity (Wildman–Crippen MR) is 74.6 cm³/mol. The molecule has 2 heterocycles. The van der Waals surface area contributed by atoms with Crippen LogP contribution >= 0.6 is 11.6 Å². The van der Waals surface area contributed by atoms with Crippen molar-refractivity contribution in [1.29, 1.82) is 0 Å². The summed E-state index contributed by atoms with van der Waals surface area (Å²) < 4.78 is 5.56. The Balaban J connectivity index is 1.93. The van der Waals surface area contributed by atoms with Gasteiger partial charge in [-0.1, -0.05) is 17.7 Å². The minimum absolute atomic E-state index is 0.392. The van der Waals surface area contributed by atoms with Crippen LogP contribution in [0, 0.1) is 0 Å². The molecule has 1 N–H and O–H groups in total. The van der Waals surface area contributed by atoms with Gasteiger partial charge in [-0.25, -0.2) is 4.98 Å². The Morgan fingerprint density at radius 1 is 1.32 bits per heavy atom. The molecule has 0 atom stereocenters. The second-order valence-electron chi connectivity index (χ2n) is 3.80. The van der Waals surface area contributed by atoms with Crippen LogP contribution in [0.2, 0.25) is 5.02 Å². The van der Waals surface area contributed by atoms with Crippen molar-refractivity contribution < 1.29 is 4.74 Å². The first-order valence-corrected chi connectivity index (χ1v) is 6.46. The normalized spacial score (nSPS) is 10.2. The highest BCUT2D eigenvalue weighted by atomic mass is 35.5. The minimum Gasteiger partial charge on any atom is -0.476 e. The topological polar surface area (TPSA) is 59.9 Å². The van der Waals surface area contributed by atoms with Crippen molar-refractivity contribution >= 4 is 17.5 Å². The Bertz CT molecular complexity index is 521. The maximum absolute atomic E-state index is 5.98. The zero-order valence-corrected chi connectivity index (χ0v) is 11.4. The summed E-state index contributed by atoms with van der Waals surface area (Å²) >= 11 is 5.98. The van der Waals surface area contributed by atoms with E-state index in [4.69, 9.17) is 16.3 Å². The van der Waals surface area contributed by atoms with E-state index in [-0.39, 0.29) is 0 Å². The number of hydrogen-bond acceptors (Lipinski definition) is 5. The van der Waals surface area contributed by atoms with Crippen molar-refractivity contribution in [1.82, 2.24) is 15.0 Å². The lowest BCUT2D eigenvalue weighted by Gasteiger charge is -2.08. The summed E-state index contributed by atoms with van der Waals surface area (Å²) in [4.78, 5) is 12.5. The lowest BCUT2D eigenvalue weighted by Crippen LogP contribution is -2.07. The maximum atomic E-state index is 5.98. The van der Waals surface area contributed by atoms with Gasteiger partial charge in [0.2, 0.25) is 11.8 Å². The lowest BCUT2D eigenvalue weighted by atomic mass is 10.3. The van der Waals surface area contributed by atoms with E-state index in [2.05, 4.69) is 20.3 Å². The third-order valence-electron chi connectivity index (χ3n) is 2.37. The smallest absolute Gasteiger partial charge is 0.237 e. The molecule has 0 fully saturated rings. The molecule has 19 heavy (non-hydrogen) atoms. The Kier molecular flexibility index (Phi) is 4.92. The maximum Gasteiger partial charge on any atom is 0.237 e. The number of anilines is 1. The highest BCUT2D eigenvalue weighted by molar-refractivity contribution is 6.31. The van der Waals surface area contributed by atoms with E-state index in [9.17, 15) is 0 Å². The quantitative estimate of drug-likeness (QED) is 0.880. The van der Waals surface area contributed by atoms with Gasteiger partial charge in [0, 0.05) is 24.9 Å². The standard InChI is InChI=1S/C13H15ClN4O/c1-2-15-13-17-9-11(14)12(18-13)19-8-6-10-5-3-4-7-16-10/h3-5,7,9H,2,6,8H2,1H3,(H,15,17,18). The number of nitrogens with one attached hydrogen (secondary N) is 1. The third kappa shape index (κ3) is 4.06. The van der Waals surface area contributed by atoms with Crippen molar-refractivity contribution in [2.24, 2.45) is 0 Å². The van der Waals surface area contributed by atoms with Gasteiger partial charge in [-0.05, 0) is 19.1 Å². The molecule has 0 aromatic carbocycles. The third-order valence-corrected chi connectivity index (χ3v) is 2.63. The average Bonchev–Trinajstić information content (AvgIpc) is 2.44. The SMILES string of the molecule is CCNc1ncc(Cl)c(OCCc2ccccn2)n1. The second kappa shape index (κ2) is 6.89. The van der Waals surface area contributed by atoms with E-state index >= 15 is 0 Å². The lowest BCUT2D eigenvalue weighted by molar-refractivity contribution is 0.308. The molecule has 0 spiro atoms. The molecule has 0 aliphatic rings. The Morgan fingerprint density at radius 2 is 2.21 bits per heavy atom. The van der Waals surface area contributed by atoms with Crippen molar-refractivity contribution in [2.45, 2.75) is 13.3 Å². The van der Waals surface area contributed by atoms with Crippen molar-refractivity contribution in [3.63, 3.8) is 0 Å². The molecule has 2 rings (SSSR count). The van der Waals surface area contributed by atoms with Gasteiger partial charge in [0.1, 0.15) is 5.02 Å². The molecule has 0 saturated heterocycles. The van der Waals surface area contributed by atoms with Crippen LogP contribution in [0.4, 0.5) is 5.95 Å². The summed E-state index contributed by atoms with van der Waals surface area (Å²) in [5.41, 5.74) is 0.972. The van der Waals surface area contributed by atoms with Crippen LogP contribution in [0.3, 0.4) is 0 Å². The number of aromatic nitrogens is 3. The van der Waals surface area contributed by atoms with Crippen LogP contribution in [0.5, 0.6) is 5.88 Å². The van der Waals surface area contributed by atoms with Crippen LogP contribution in [0.25, 0.3) is 0 Å². The second-order valence-corrected chi connectivity index (χ2v) is 4.20. The summed E-state index contributed by atoms with van der Waals surface area (Å²) in [5, 5.41) is 3.42. The zero-order valence-electron chi connectivity index (χ0n) is 10.6. The predicted octanol–water partition coefficient (Wildman–Crippen LogP) is 2.58. The molecule has 0 amide bonds. The zero-order chi connectivity index (χ0) is 13.5. The number of hydrogen-bond donors (Lipinski definition) is 1. The van der Waals surface area contributed by atoms with Gasteiger partial charge in [0.15, 0.2) is 0 Å². The van der Waals surface area contributed by atoms with Gasteiger partial charge in [0.05, 0.1) is 12.8 Å². The van der Waals surface area contributed by atoms with Crippen LogP contribution in [0.15, 0.2) is 30.6 Å². The largest absolute Gasteiger partial charge is 0.476 e. The van der Waals surface area contributed by atoms with E-state index in [0.717, 1.165) is 12.2 Å². The fraction of sp³-hybridized carbons (Fsp3) is 0.308. The summed E-state index contributed by atoms with van der Waals surface area (Å²) in [7, 11) is 0. The molecule has 2 aromatic rings. The van der Waals surface area contributed by atoms with E-state index < -0.39 is 0 Å². The van der Waals surface area contributed by atoms with E-state index in [1.807, 2.05) is 25.1 Å². The molecule has 5 nitrogen and oxygen atoms in total. The van der Waals surface area contributed by atoms with Gasteiger partial charge >= 0.3 is 0 Å². The van der Waals surface area contributed by atoms with Crippen LogP contribution < -0.4 is 10.1 Å². The van der Waals surface area contributed by atoms with E-state index in [0.29, 0.717) is 29.9 Å².